The first-order valence-corrected chi connectivity index (χ1v) is 3.69. The number of nitrogen functional groups attached to an aromatic ring is 1. The van der Waals surface area contributed by atoms with E-state index in [9.17, 15) is 4.79 Å². The number of aryl methyl sites for hydroxylation is 1. The molecule has 0 aromatic heterocycles. The molecule has 0 unspecified atom stereocenters. The van der Waals surface area contributed by atoms with Gasteiger partial charge in [-0.1, -0.05) is 6.07 Å². The molecule has 4 heteroatoms. The van der Waals surface area contributed by atoms with Crippen molar-refractivity contribution >= 4 is 24.0 Å². The van der Waals surface area contributed by atoms with E-state index < -0.39 is 5.91 Å². The van der Waals surface area contributed by atoms with Crippen molar-refractivity contribution in [1.82, 2.24) is 0 Å². The lowest BCUT2D eigenvalue weighted by Crippen LogP contribution is -2.13. The van der Waals surface area contributed by atoms with Crippen LogP contribution >= 0.6 is 12.4 Å². The summed E-state index contributed by atoms with van der Waals surface area (Å²) in [7, 11) is 0. The van der Waals surface area contributed by atoms with Gasteiger partial charge in [-0.3, -0.25) is 4.79 Å². The fourth-order valence-electron chi connectivity index (χ4n) is 1.13. The fraction of sp³-hybridized carbons (Fsp3) is 0.222. The summed E-state index contributed by atoms with van der Waals surface area (Å²) in [5, 5.41) is 0. The van der Waals surface area contributed by atoms with Crippen molar-refractivity contribution in [2.45, 2.75) is 13.8 Å². The van der Waals surface area contributed by atoms with E-state index in [4.69, 9.17) is 11.5 Å². The summed E-state index contributed by atoms with van der Waals surface area (Å²) >= 11 is 0. The first-order valence-electron chi connectivity index (χ1n) is 3.69. The Morgan fingerprint density at radius 1 is 1.31 bits per heavy atom. The first kappa shape index (κ1) is 11.8. The van der Waals surface area contributed by atoms with Crippen LogP contribution < -0.4 is 11.5 Å². The Morgan fingerprint density at radius 2 is 1.85 bits per heavy atom. The SMILES string of the molecule is Cc1ccc(C(N)=O)c(C)c1N.Cl. The molecule has 0 saturated carbocycles. The zero-order valence-corrected chi connectivity index (χ0v) is 8.44. The van der Waals surface area contributed by atoms with Gasteiger partial charge in [-0.25, -0.2) is 0 Å². The average molecular weight is 201 g/mol. The van der Waals surface area contributed by atoms with Gasteiger partial charge in [0.25, 0.3) is 0 Å². The Bertz CT molecular complexity index is 337. The normalized spacial score (nSPS) is 9.08. The number of rotatable bonds is 1. The molecule has 13 heavy (non-hydrogen) atoms. The minimum atomic E-state index is -0.431. The zero-order chi connectivity index (χ0) is 9.30. The molecule has 1 rings (SSSR count). The molecule has 0 aliphatic carbocycles. The Morgan fingerprint density at radius 3 is 2.31 bits per heavy atom. The number of benzene rings is 1. The highest BCUT2D eigenvalue weighted by molar-refractivity contribution is 5.95. The van der Waals surface area contributed by atoms with Gasteiger partial charge in [0, 0.05) is 11.3 Å². The van der Waals surface area contributed by atoms with Crippen LogP contribution in [0.3, 0.4) is 0 Å². The standard InChI is InChI=1S/C9H12N2O.ClH/c1-5-3-4-7(9(11)12)6(2)8(5)10;/h3-4H,10H2,1-2H3,(H2,11,12);1H. The molecule has 1 amide bonds. The molecule has 4 N–H and O–H groups in total. The molecular formula is C9H13ClN2O. The van der Waals surface area contributed by atoms with Crippen molar-refractivity contribution < 1.29 is 4.79 Å². The van der Waals surface area contributed by atoms with Crippen LogP contribution in [0, 0.1) is 13.8 Å². The number of carbonyl (C=O) groups is 1. The summed E-state index contributed by atoms with van der Waals surface area (Å²) in [4.78, 5) is 10.9. The van der Waals surface area contributed by atoms with Gasteiger partial charge in [0.15, 0.2) is 0 Å². The quantitative estimate of drug-likeness (QED) is 0.673. The molecule has 3 nitrogen and oxygen atoms in total. The van der Waals surface area contributed by atoms with Crippen LogP contribution in [0.4, 0.5) is 5.69 Å². The molecule has 0 radical (unpaired) electrons. The Hall–Kier alpha value is -1.22. The number of halogens is 1. The third-order valence-electron chi connectivity index (χ3n) is 2.00. The lowest BCUT2D eigenvalue weighted by molar-refractivity contribution is 0.1000. The van der Waals surface area contributed by atoms with Crippen LogP contribution in [0.1, 0.15) is 21.5 Å². The Kier molecular flexibility index (Phi) is 3.75. The molecule has 0 fully saturated rings. The van der Waals surface area contributed by atoms with E-state index in [1.807, 2.05) is 6.92 Å². The fourth-order valence-corrected chi connectivity index (χ4v) is 1.13. The molecule has 0 aliphatic heterocycles. The first-order chi connectivity index (χ1) is 5.54. The molecule has 1 aromatic carbocycles. The molecule has 0 spiro atoms. The second-order valence-electron chi connectivity index (χ2n) is 2.83. The Balaban J connectivity index is 0.00000144. The highest BCUT2D eigenvalue weighted by Crippen LogP contribution is 2.19. The summed E-state index contributed by atoms with van der Waals surface area (Å²) < 4.78 is 0. The number of hydrogen-bond acceptors (Lipinski definition) is 2. The molecule has 1 aromatic rings. The average Bonchev–Trinajstić information content (AvgIpc) is 2.00. The number of hydrogen-bond donors (Lipinski definition) is 2. The lowest BCUT2D eigenvalue weighted by Gasteiger charge is -2.07. The van der Waals surface area contributed by atoms with Crippen molar-refractivity contribution in [2.24, 2.45) is 5.73 Å². The lowest BCUT2D eigenvalue weighted by atomic mass is 10.0. The Labute approximate surface area is 83.5 Å². The monoisotopic (exact) mass is 200 g/mol. The number of nitrogens with two attached hydrogens (primary N) is 2. The molecule has 0 atom stereocenters. The molecule has 0 aliphatic rings. The van der Waals surface area contributed by atoms with Crippen molar-refractivity contribution in [3.63, 3.8) is 0 Å². The van der Waals surface area contributed by atoms with E-state index in [-0.39, 0.29) is 12.4 Å². The highest BCUT2D eigenvalue weighted by Gasteiger charge is 2.07. The van der Waals surface area contributed by atoms with Crippen molar-refractivity contribution in [1.29, 1.82) is 0 Å². The summed E-state index contributed by atoms with van der Waals surface area (Å²) in [5.41, 5.74) is 13.7. The van der Waals surface area contributed by atoms with Crippen LogP contribution in [0.5, 0.6) is 0 Å². The molecule has 0 bridgehead atoms. The van der Waals surface area contributed by atoms with E-state index in [1.54, 1.807) is 19.1 Å². The maximum absolute atomic E-state index is 10.9. The van der Waals surface area contributed by atoms with Gasteiger partial charge < -0.3 is 11.5 Å². The van der Waals surface area contributed by atoms with Gasteiger partial charge in [-0.05, 0) is 31.0 Å². The number of primary amides is 1. The molecule has 0 heterocycles. The minimum absolute atomic E-state index is 0. The second kappa shape index (κ2) is 4.14. The molecular weight excluding hydrogens is 188 g/mol. The largest absolute Gasteiger partial charge is 0.398 e. The van der Waals surface area contributed by atoms with Crippen molar-refractivity contribution in [3.05, 3.63) is 28.8 Å². The van der Waals surface area contributed by atoms with E-state index in [1.165, 1.54) is 0 Å². The van der Waals surface area contributed by atoms with Crippen LogP contribution in [0.2, 0.25) is 0 Å². The zero-order valence-electron chi connectivity index (χ0n) is 7.63. The summed E-state index contributed by atoms with van der Waals surface area (Å²) in [6, 6.07) is 3.49. The highest BCUT2D eigenvalue weighted by atomic mass is 35.5. The van der Waals surface area contributed by atoms with Gasteiger partial charge in [0.05, 0.1) is 0 Å². The van der Waals surface area contributed by atoms with E-state index in [0.29, 0.717) is 11.3 Å². The number of carbonyl (C=O) groups excluding carboxylic acids is 1. The van der Waals surface area contributed by atoms with Gasteiger partial charge in [-0.2, -0.15) is 0 Å². The summed E-state index contributed by atoms with van der Waals surface area (Å²) in [6.45, 7) is 3.69. The topological polar surface area (TPSA) is 69.1 Å². The predicted molar refractivity (Wildman–Crippen MR) is 56.1 cm³/mol. The van der Waals surface area contributed by atoms with Crippen LogP contribution in [-0.2, 0) is 0 Å². The van der Waals surface area contributed by atoms with Crippen LogP contribution in [-0.4, -0.2) is 5.91 Å². The maximum Gasteiger partial charge on any atom is 0.249 e. The maximum atomic E-state index is 10.9. The third kappa shape index (κ3) is 2.12. The molecule has 72 valence electrons. The smallest absolute Gasteiger partial charge is 0.249 e. The summed E-state index contributed by atoms with van der Waals surface area (Å²) in [6.07, 6.45) is 0. The van der Waals surface area contributed by atoms with E-state index >= 15 is 0 Å². The summed E-state index contributed by atoms with van der Waals surface area (Å²) in [5.74, 6) is -0.431. The van der Waals surface area contributed by atoms with Crippen LogP contribution in [0.15, 0.2) is 12.1 Å². The minimum Gasteiger partial charge on any atom is -0.398 e. The van der Waals surface area contributed by atoms with Crippen molar-refractivity contribution in [3.8, 4) is 0 Å². The predicted octanol–water partition coefficient (Wildman–Crippen LogP) is 1.41. The molecule has 0 saturated heterocycles. The number of anilines is 1. The van der Waals surface area contributed by atoms with Gasteiger partial charge in [-0.15, -0.1) is 12.4 Å². The van der Waals surface area contributed by atoms with E-state index in [0.717, 1.165) is 11.1 Å². The number of amides is 1. The van der Waals surface area contributed by atoms with Crippen molar-refractivity contribution in [2.75, 3.05) is 5.73 Å². The van der Waals surface area contributed by atoms with E-state index in [2.05, 4.69) is 0 Å². The van der Waals surface area contributed by atoms with Gasteiger partial charge in [0.2, 0.25) is 5.91 Å². The second-order valence-corrected chi connectivity index (χ2v) is 2.83. The van der Waals surface area contributed by atoms with Gasteiger partial charge in [0.1, 0.15) is 0 Å². The van der Waals surface area contributed by atoms with Crippen LogP contribution in [0.25, 0.3) is 0 Å². The van der Waals surface area contributed by atoms with Gasteiger partial charge >= 0.3 is 0 Å². The third-order valence-corrected chi connectivity index (χ3v) is 2.00.